The SMILES string of the molecule is CC/C=C\C/C=C\C/C=C\CCCCCCCC(=O)OC(COC(=O)CCCCCCC/C=C\CCCCCCCC)COP(=O)(O)OCC(CO)OC(=O)CCCCCCC/C=C\C/C=C\CCC. The average Bonchev–Trinajstić information content (AvgIpc) is 3.35. The van der Waals surface area contributed by atoms with Crippen molar-refractivity contribution < 1.29 is 52.2 Å². The van der Waals surface area contributed by atoms with E-state index in [0.29, 0.717) is 19.3 Å². The van der Waals surface area contributed by atoms with Crippen LogP contribution in [-0.2, 0) is 42.2 Å². The molecule has 404 valence electrons. The Morgan fingerprint density at radius 1 is 0.414 bits per heavy atom. The summed E-state index contributed by atoms with van der Waals surface area (Å²) >= 11 is 0. The average molecular weight is 1010 g/mol. The second-order valence-corrected chi connectivity index (χ2v) is 19.8. The third-order valence-electron chi connectivity index (χ3n) is 11.6. The lowest BCUT2D eigenvalue weighted by molar-refractivity contribution is -0.161. The lowest BCUT2D eigenvalue weighted by Crippen LogP contribution is -2.30. The first-order valence-electron chi connectivity index (χ1n) is 27.8. The molecular weight excluding hydrogens is 904 g/mol. The highest BCUT2D eigenvalue weighted by molar-refractivity contribution is 7.47. The lowest BCUT2D eigenvalue weighted by Gasteiger charge is -2.21. The van der Waals surface area contributed by atoms with Gasteiger partial charge in [0.25, 0.3) is 0 Å². The molecule has 3 atom stereocenters. The van der Waals surface area contributed by atoms with Crippen LogP contribution in [0, 0.1) is 0 Å². The van der Waals surface area contributed by atoms with Gasteiger partial charge >= 0.3 is 25.7 Å². The van der Waals surface area contributed by atoms with Crippen LogP contribution in [0.3, 0.4) is 0 Å². The molecule has 0 aromatic rings. The zero-order chi connectivity index (χ0) is 51.3. The molecule has 70 heavy (non-hydrogen) atoms. The van der Waals surface area contributed by atoms with Crippen molar-refractivity contribution in [2.45, 2.75) is 251 Å². The van der Waals surface area contributed by atoms with E-state index in [2.05, 4.69) is 93.7 Å². The molecule has 2 N–H and O–H groups in total. The summed E-state index contributed by atoms with van der Waals surface area (Å²) in [6.07, 6.45) is 57.2. The predicted octanol–water partition coefficient (Wildman–Crippen LogP) is 16.1. The van der Waals surface area contributed by atoms with E-state index in [4.69, 9.17) is 23.3 Å². The highest BCUT2D eigenvalue weighted by Crippen LogP contribution is 2.43. The summed E-state index contributed by atoms with van der Waals surface area (Å²) in [7, 11) is -4.76. The van der Waals surface area contributed by atoms with Gasteiger partial charge < -0.3 is 24.2 Å². The number of phosphoric acid groups is 1. The molecule has 0 aromatic carbocycles. The van der Waals surface area contributed by atoms with Crippen LogP contribution < -0.4 is 0 Å². The second kappa shape index (κ2) is 52.2. The van der Waals surface area contributed by atoms with Crippen LogP contribution in [0.4, 0.5) is 0 Å². The van der Waals surface area contributed by atoms with Gasteiger partial charge in [0, 0.05) is 19.3 Å². The number of hydrogen-bond acceptors (Lipinski definition) is 10. The maximum Gasteiger partial charge on any atom is 0.472 e. The number of esters is 3. The van der Waals surface area contributed by atoms with Gasteiger partial charge in [-0.2, -0.15) is 0 Å². The van der Waals surface area contributed by atoms with E-state index in [1.807, 2.05) is 0 Å². The molecule has 0 saturated heterocycles. The first-order valence-corrected chi connectivity index (χ1v) is 29.3. The van der Waals surface area contributed by atoms with Gasteiger partial charge in [0.2, 0.25) is 0 Å². The fourth-order valence-electron chi connectivity index (χ4n) is 7.34. The molecule has 0 amide bonds. The molecule has 0 aliphatic carbocycles. The molecule has 0 saturated carbocycles. The largest absolute Gasteiger partial charge is 0.472 e. The van der Waals surface area contributed by atoms with Crippen molar-refractivity contribution >= 4 is 25.7 Å². The molecule has 0 aliphatic rings. The van der Waals surface area contributed by atoms with Crippen molar-refractivity contribution in [1.29, 1.82) is 0 Å². The Morgan fingerprint density at radius 2 is 0.771 bits per heavy atom. The normalized spacial score (nSPS) is 14.0. The maximum absolute atomic E-state index is 12.9. The van der Waals surface area contributed by atoms with E-state index < -0.39 is 57.8 Å². The van der Waals surface area contributed by atoms with E-state index in [1.54, 1.807) is 0 Å². The summed E-state index contributed by atoms with van der Waals surface area (Å²) in [5, 5.41) is 9.79. The van der Waals surface area contributed by atoms with Gasteiger partial charge in [-0.3, -0.25) is 23.4 Å². The van der Waals surface area contributed by atoms with Gasteiger partial charge in [0.05, 0.1) is 19.8 Å². The number of aliphatic hydroxyl groups excluding tert-OH is 1. The Bertz CT molecular complexity index is 1450. The molecule has 12 heteroatoms. The van der Waals surface area contributed by atoms with E-state index in [1.165, 1.54) is 38.5 Å². The number of carbonyl (C=O) groups excluding carboxylic acids is 3. The summed E-state index contributed by atoms with van der Waals surface area (Å²) in [5.41, 5.74) is 0. The van der Waals surface area contributed by atoms with Crippen molar-refractivity contribution in [1.82, 2.24) is 0 Å². The van der Waals surface area contributed by atoms with Crippen LogP contribution in [0.2, 0.25) is 0 Å². The smallest absolute Gasteiger partial charge is 0.462 e. The highest BCUT2D eigenvalue weighted by atomic mass is 31.2. The molecular formula is C58H101O11P. The standard InChI is InChI=1S/C58H101O11P/c1-4-7-10-13-16-19-22-25-27-30-32-35-38-41-44-47-56(60)65-51-55(69-58(62)49-46-43-40-37-34-31-28-26-23-20-17-14-11-8-5-2)53-67-70(63,64)66-52-54(50-59)68-57(61)48-45-42-39-36-33-29-24-21-18-15-12-9-6-3/h8,11-12,15,17,20-21,24-28,54-55,59H,4-7,9-10,13-14,16,18-19,22-23,29-53H2,1-3H3,(H,63,64)/b11-8-,15-12-,20-17-,24-21-,27-25-,28-26-. The third-order valence-corrected chi connectivity index (χ3v) is 12.5. The summed E-state index contributed by atoms with van der Waals surface area (Å²) in [6, 6.07) is 0. The number of unbranched alkanes of at least 4 members (excludes halogenated alkanes) is 22. The highest BCUT2D eigenvalue weighted by Gasteiger charge is 2.28. The van der Waals surface area contributed by atoms with Crippen molar-refractivity contribution in [3.05, 3.63) is 72.9 Å². The molecule has 0 bridgehead atoms. The number of aliphatic hydroxyl groups is 1. The van der Waals surface area contributed by atoms with E-state index in [9.17, 15) is 28.9 Å². The van der Waals surface area contributed by atoms with Gasteiger partial charge in [-0.1, -0.05) is 190 Å². The number of allylic oxidation sites excluding steroid dienone is 12. The summed E-state index contributed by atoms with van der Waals surface area (Å²) < 4.78 is 39.4. The maximum atomic E-state index is 12.9. The minimum absolute atomic E-state index is 0.144. The van der Waals surface area contributed by atoms with Crippen LogP contribution in [-0.4, -0.2) is 66.5 Å². The van der Waals surface area contributed by atoms with E-state index in [-0.39, 0.29) is 25.9 Å². The van der Waals surface area contributed by atoms with Crippen molar-refractivity contribution in [3.63, 3.8) is 0 Å². The minimum Gasteiger partial charge on any atom is -0.462 e. The van der Waals surface area contributed by atoms with Crippen LogP contribution in [0.5, 0.6) is 0 Å². The monoisotopic (exact) mass is 1000 g/mol. The van der Waals surface area contributed by atoms with E-state index >= 15 is 0 Å². The fourth-order valence-corrected chi connectivity index (χ4v) is 8.13. The van der Waals surface area contributed by atoms with Crippen molar-refractivity contribution in [3.8, 4) is 0 Å². The van der Waals surface area contributed by atoms with E-state index in [0.717, 1.165) is 141 Å². The topological polar surface area (TPSA) is 155 Å². The molecule has 3 unspecified atom stereocenters. The number of hydrogen-bond donors (Lipinski definition) is 2. The van der Waals surface area contributed by atoms with Crippen LogP contribution in [0.1, 0.15) is 239 Å². The molecule has 11 nitrogen and oxygen atoms in total. The number of phosphoric ester groups is 1. The zero-order valence-electron chi connectivity index (χ0n) is 44.5. The van der Waals surface area contributed by atoms with Gasteiger partial charge in [-0.05, 0) is 103 Å². The van der Waals surface area contributed by atoms with Crippen LogP contribution >= 0.6 is 7.82 Å². The summed E-state index contributed by atoms with van der Waals surface area (Å²) in [4.78, 5) is 48.4. The molecule has 0 heterocycles. The number of rotatable bonds is 51. The van der Waals surface area contributed by atoms with Crippen LogP contribution in [0.25, 0.3) is 0 Å². The first-order chi connectivity index (χ1) is 34.2. The summed E-state index contributed by atoms with van der Waals surface area (Å²) in [5.74, 6) is -1.51. The summed E-state index contributed by atoms with van der Waals surface area (Å²) in [6.45, 7) is 4.42. The Hall–Kier alpha value is -3.08. The number of ether oxygens (including phenoxy) is 3. The minimum atomic E-state index is -4.76. The predicted molar refractivity (Wildman–Crippen MR) is 288 cm³/mol. The Labute approximate surface area is 427 Å². The molecule has 0 spiro atoms. The quantitative estimate of drug-likeness (QED) is 0.0197. The first kappa shape index (κ1) is 66.9. The fraction of sp³-hybridized carbons (Fsp3) is 0.741. The zero-order valence-corrected chi connectivity index (χ0v) is 45.4. The van der Waals surface area contributed by atoms with Crippen molar-refractivity contribution in [2.24, 2.45) is 0 Å². The molecule has 0 radical (unpaired) electrons. The van der Waals surface area contributed by atoms with Crippen LogP contribution in [0.15, 0.2) is 72.9 Å². The van der Waals surface area contributed by atoms with Gasteiger partial charge in [-0.15, -0.1) is 0 Å². The van der Waals surface area contributed by atoms with Gasteiger partial charge in [-0.25, -0.2) is 4.57 Å². The lowest BCUT2D eigenvalue weighted by atomic mass is 10.1. The second-order valence-electron chi connectivity index (χ2n) is 18.4. The Morgan fingerprint density at radius 3 is 1.21 bits per heavy atom. The molecule has 0 aromatic heterocycles. The number of carbonyl (C=O) groups is 3. The molecule has 0 rings (SSSR count). The van der Waals surface area contributed by atoms with Crippen molar-refractivity contribution in [2.75, 3.05) is 26.4 Å². The third kappa shape index (κ3) is 49.9. The van der Waals surface area contributed by atoms with Gasteiger partial charge in [0.1, 0.15) is 12.7 Å². The Balaban J connectivity index is 4.78. The Kier molecular flexibility index (Phi) is 50.0. The molecule has 0 fully saturated rings. The van der Waals surface area contributed by atoms with Gasteiger partial charge in [0.15, 0.2) is 6.10 Å². The molecule has 0 aliphatic heterocycles.